The van der Waals surface area contributed by atoms with Crippen molar-refractivity contribution < 1.29 is 14.3 Å². The summed E-state index contributed by atoms with van der Waals surface area (Å²) in [7, 11) is 0. The molecule has 3 nitrogen and oxygen atoms in total. The lowest BCUT2D eigenvalue weighted by Crippen LogP contribution is -2.52. The van der Waals surface area contributed by atoms with E-state index in [9.17, 15) is 4.79 Å². The first kappa shape index (κ1) is 20.0. The number of carbonyl (C=O) groups excluding carboxylic acids is 1. The summed E-state index contributed by atoms with van der Waals surface area (Å²) >= 11 is 0. The van der Waals surface area contributed by atoms with Crippen LogP contribution in [0.25, 0.3) is 0 Å². The van der Waals surface area contributed by atoms with Crippen molar-refractivity contribution in [2.75, 3.05) is 6.61 Å². The van der Waals surface area contributed by atoms with Gasteiger partial charge in [0.1, 0.15) is 0 Å². The van der Waals surface area contributed by atoms with Gasteiger partial charge in [0.15, 0.2) is 11.6 Å². The molecule has 10 atom stereocenters. The molecule has 4 aliphatic carbocycles. The number of ketones is 1. The standard InChI is InChI=1S/C27H40O3/c1-16-7-12-27(29-15-16)17(2)24-23(30-27)14-22-20-6-5-18-13-19(28)8-10-25(18,3)21(20)9-11-26(22,24)4/h13,16-17,20-24H,5-12,14-15H2,1-4H3/t16?,17-,20+,21-,22-,23-,24-,25-,26-,27+/m0/s1. The Labute approximate surface area is 182 Å². The molecule has 0 bridgehead atoms. The van der Waals surface area contributed by atoms with Crippen LogP contribution in [0.2, 0.25) is 0 Å². The summed E-state index contributed by atoms with van der Waals surface area (Å²) in [5, 5.41) is 0. The van der Waals surface area contributed by atoms with E-state index in [-0.39, 0.29) is 11.2 Å². The lowest BCUT2D eigenvalue weighted by molar-refractivity contribution is -0.272. The van der Waals surface area contributed by atoms with E-state index in [4.69, 9.17) is 9.47 Å². The highest BCUT2D eigenvalue weighted by molar-refractivity contribution is 5.91. The summed E-state index contributed by atoms with van der Waals surface area (Å²) < 4.78 is 13.3. The molecular formula is C27H40O3. The first-order valence-corrected chi connectivity index (χ1v) is 12.8. The first-order chi connectivity index (χ1) is 14.3. The van der Waals surface area contributed by atoms with E-state index in [0.717, 1.165) is 50.0 Å². The van der Waals surface area contributed by atoms with E-state index in [1.54, 1.807) is 0 Å². The van der Waals surface area contributed by atoms with Gasteiger partial charge in [-0.15, -0.1) is 0 Å². The average Bonchev–Trinajstić information content (AvgIpc) is 3.16. The van der Waals surface area contributed by atoms with Gasteiger partial charge in [0, 0.05) is 18.8 Å². The summed E-state index contributed by atoms with van der Waals surface area (Å²) in [6, 6.07) is 0. The third-order valence-electron chi connectivity index (χ3n) is 11.2. The molecule has 3 saturated carbocycles. The van der Waals surface area contributed by atoms with Crippen molar-refractivity contribution in [1.29, 1.82) is 0 Å². The van der Waals surface area contributed by atoms with Crippen LogP contribution in [0.15, 0.2) is 11.6 Å². The number of carbonyl (C=O) groups is 1. The Kier molecular flexibility index (Phi) is 4.29. The van der Waals surface area contributed by atoms with E-state index >= 15 is 0 Å². The molecule has 3 heteroatoms. The van der Waals surface area contributed by atoms with Crippen LogP contribution in [0.5, 0.6) is 0 Å². The molecule has 2 heterocycles. The second-order valence-corrected chi connectivity index (χ2v) is 12.5. The molecule has 166 valence electrons. The molecule has 0 radical (unpaired) electrons. The third-order valence-corrected chi connectivity index (χ3v) is 11.2. The molecule has 2 aliphatic heterocycles. The maximum atomic E-state index is 12.1. The maximum absolute atomic E-state index is 12.1. The zero-order valence-corrected chi connectivity index (χ0v) is 19.4. The lowest BCUT2D eigenvalue weighted by Gasteiger charge is -2.58. The van der Waals surface area contributed by atoms with Crippen molar-refractivity contribution in [3.8, 4) is 0 Å². The summed E-state index contributed by atoms with van der Waals surface area (Å²) in [6.07, 6.45) is 12.9. The summed E-state index contributed by atoms with van der Waals surface area (Å²) in [4.78, 5) is 12.1. The molecule has 6 rings (SSSR count). The van der Waals surface area contributed by atoms with Crippen LogP contribution in [-0.2, 0) is 14.3 Å². The molecular weight excluding hydrogens is 372 g/mol. The molecule has 0 aromatic carbocycles. The Morgan fingerprint density at radius 1 is 1.00 bits per heavy atom. The fraction of sp³-hybridized carbons (Fsp3) is 0.889. The molecule has 2 saturated heterocycles. The minimum atomic E-state index is -0.301. The van der Waals surface area contributed by atoms with E-state index in [1.807, 2.05) is 6.08 Å². The zero-order chi connectivity index (χ0) is 20.9. The second-order valence-electron chi connectivity index (χ2n) is 12.5. The largest absolute Gasteiger partial charge is 0.349 e. The van der Waals surface area contributed by atoms with Gasteiger partial charge in [-0.2, -0.15) is 0 Å². The van der Waals surface area contributed by atoms with E-state index in [2.05, 4.69) is 27.7 Å². The third kappa shape index (κ3) is 2.48. The van der Waals surface area contributed by atoms with Gasteiger partial charge in [0.05, 0.1) is 12.7 Å². The topological polar surface area (TPSA) is 35.5 Å². The number of hydrogen-bond acceptors (Lipinski definition) is 3. The smallest absolute Gasteiger partial charge is 0.171 e. The fourth-order valence-electron chi connectivity index (χ4n) is 9.58. The molecule has 0 amide bonds. The molecule has 30 heavy (non-hydrogen) atoms. The van der Waals surface area contributed by atoms with Crippen molar-refractivity contribution in [1.82, 2.24) is 0 Å². The Hall–Kier alpha value is -0.670. The van der Waals surface area contributed by atoms with Crippen LogP contribution in [0, 0.1) is 46.3 Å². The first-order valence-electron chi connectivity index (χ1n) is 12.8. The van der Waals surface area contributed by atoms with Crippen LogP contribution in [0.3, 0.4) is 0 Å². The zero-order valence-electron chi connectivity index (χ0n) is 19.4. The van der Waals surface area contributed by atoms with Gasteiger partial charge in [-0.3, -0.25) is 4.79 Å². The van der Waals surface area contributed by atoms with Gasteiger partial charge in [0.25, 0.3) is 0 Å². The van der Waals surface area contributed by atoms with Gasteiger partial charge in [0.2, 0.25) is 0 Å². The van der Waals surface area contributed by atoms with Gasteiger partial charge in [-0.25, -0.2) is 0 Å². The lowest BCUT2D eigenvalue weighted by atomic mass is 9.46. The summed E-state index contributed by atoms with van der Waals surface area (Å²) in [5.74, 6) is 4.24. The number of ether oxygens (including phenoxy) is 2. The van der Waals surface area contributed by atoms with Crippen LogP contribution in [0.1, 0.15) is 85.5 Å². The second kappa shape index (κ2) is 6.44. The van der Waals surface area contributed by atoms with Crippen molar-refractivity contribution in [2.24, 2.45) is 46.3 Å². The van der Waals surface area contributed by atoms with E-state index in [0.29, 0.717) is 35.1 Å². The molecule has 5 fully saturated rings. The number of fused-ring (bicyclic) bond motifs is 7. The van der Waals surface area contributed by atoms with Gasteiger partial charge in [-0.1, -0.05) is 33.3 Å². The van der Waals surface area contributed by atoms with Crippen molar-refractivity contribution >= 4 is 5.78 Å². The Morgan fingerprint density at radius 3 is 2.60 bits per heavy atom. The van der Waals surface area contributed by atoms with Gasteiger partial charge in [-0.05, 0) is 91.4 Å². The quantitative estimate of drug-likeness (QED) is 0.495. The van der Waals surface area contributed by atoms with Crippen LogP contribution in [0.4, 0.5) is 0 Å². The predicted octanol–water partition coefficient (Wildman–Crippen LogP) is 5.92. The minimum Gasteiger partial charge on any atom is -0.349 e. The fourth-order valence-corrected chi connectivity index (χ4v) is 9.58. The van der Waals surface area contributed by atoms with Crippen molar-refractivity contribution in [3.63, 3.8) is 0 Å². The Balaban J connectivity index is 1.28. The number of rotatable bonds is 0. The van der Waals surface area contributed by atoms with Crippen LogP contribution in [-0.4, -0.2) is 24.3 Å². The van der Waals surface area contributed by atoms with Crippen LogP contribution >= 0.6 is 0 Å². The molecule has 1 spiro atoms. The van der Waals surface area contributed by atoms with E-state index < -0.39 is 0 Å². The van der Waals surface area contributed by atoms with Gasteiger partial charge >= 0.3 is 0 Å². The predicted molar refractivity (Wildman–Crippen MR) is 117 cm³/mol. The van der Waals surface area contributed by atoms with E-state index in [1.165, 1.54) is 37.7 Å². The highest BCUT2D eigenvalue weighted by Gasteiger charge is 2.68. The molecule has 0 aromatic heterocycles. The minimum absolute atomic E-state index is 0.270. The monoisotopic (exact) mass is 412 g/mol. The molecule has 6 aliphatic rings. The number of hydrogen-bond donors (Lipinski definition) is 0. The Bertz CT molecular complexity index is 777. The molecule has 0 N–H and O–H groups in total. The molecule has 0 aromatic rings. The van der Waals surface area contributed by atoms with Crippen molar-refractivity contribution in [3.05, 3.63) is 11.6 Å². The maximum Gasteiger partial charge on any atom is 0.171 e. The normalized spacial score (nSPS) is 57.4. The number of allylic oxidation sites excluding steroid dienone is 1. The highest BCUT2D eigenvalue weighted by atomic mass is 16.7. The highest BCUT2D eigenvalue weighted by Crippen LogP contribution is 2.70. The SMILES string of the molecule is CC1CC[C@@]2(OC1)O[C@H]1C[C@H]3[C@@H]4CCC5=CC(=O)CC[C@]5(C)[C@H]4CC[C@]3(C)[C@H]1[C@@H]2C. The van der Waals surface area contributed by atoms with Crippen molar-refractivity contribution in [2.45, 2.75) is 97.4 Å². The van der Waals surface area contributed by atoms with Gasteiger partial charge < -0.3 is 9.47 Å². The average molecular weight is 413 g/mol. The summed E-state index contributed by atoms with van der Waals surface area (Å²) in [6.45, 7) is 10.7. The Morgan fingerprint density at radius 2 is 1.83 bits per heavy atom. The summed E-state index contributed by atoms with van der Waals surface area (Å²) in [5.41, 5.74) is 2.14. The molecule has 1 unspecified atom stereocenters. The van der Waals surface area contributed by atoms with Crippen LogP contribution < -0.4 is 0 Å².